The van der Waals surface area contributed by atoms with E-state index in [4.69, 9.17) is 14.2 Å². The molecule has 0 saturated carbocycles. The number of hydrogen-bond acceptors (Lipinski definition) is 7. The Morgan fingerprint density at radius 2 is 1.75 bits per heavy atom. The zero-order valence-electron chi connectivity index (χ0n) is 17.3. The number of non-ortho nitro benzene ring substituents is 1. The quantitative estimate of drug-likeness (QED) is 0.385. The van der Waals surface area contributed by atoms with Gasteiger partial charge < -0.3 is 14.2 Å². The minimum atomic E-state index is -4.18. The fourth-order valence-corrected chi connectivity index (χ4v) is 5.16. The molecule has 1 heterocycles. The first-order valence-corrected chi connectivity index (χ1v) is 11.1. The average molecular weight is 456 g/mol. The summed E-state index contributed by atoms with van der Waals surface area (Å²) in [5.41, 5.74) is 0.734. The van der Waals surface area contributed by atoms with E-state index >= 15 is 0 Å². The number of nitro groups is 1. The molecule has 1 aliphatic rings. The molecular formula is C22H20N2O7S. The van der Waals surface area contributed by atoms with Gasteiger partial charge in [0, 0.05) is 12.1 Å². The normalized spacial score (nSPS) is 13.4. The van der Waals surface area contributed by atoms with Crippen molar-refractivity contribution in [2.45, 2.75) is 17.9 Å². The molecule has 3 aromatic carbocycles. The van der Waals surface area contributed by atoms with E-state index < -0.39 is 21.0 Å². The minimum Gasteiger partial charge on any atom is -0.497 e. The number of fused-ring (bicyclic) bond motifs is 1. The topological polar surface area (TPSA) is 108 Å². The van der Waals surface area contributed by atoms with E-state index in [-0.39, 0.29) is 17.4 Å². The molecule has 9 nitrogen and oxygen atoms in total. The van der Waals surface area contributed by atoms with Gasteiger partial charge in [0.2, 0.25) is 6.79 Å². The maximum absolute atomic E-state index is 13.7. The Morgan fingerprint density at radius 1 is 1.03 bits per heavy atom. The van der Waals surface area contributed by atoms with Gasteiger partial charge in [0.25, 0.3) is 15.7 Å². The summed E-state index contributed by atoms with van der Waals surface area (Å²) >= 11 is 0. The number of methoxy groups -OCH3 is 1. The van der Waals surface area contributed by atoms with E-state index in [1.165, 1.54) is 29.6 Å². The molecule has 0 unspecified atom stereocenters. The Labute approximate surface area is 185 Å². The van der Waals surface area contributed by atoms with Gasteiger partial charge in [-0.1, -0.05) is 12.1 Å². The molecule has 0 N–H and O–H groups in total. The standard InChI is InChI=1S/C22H20N2O7S/c1-15(16-6-11-21-22(12-16)31-14-30-21)23(17-7-9-19(29-2)10-8-17)32(27,28)20-5-3-4-18(13-20)24(25)26/h3-13,15H,14H2,1-2H3/t15-/m1/s1. The summed E-state index contributed by atoms with van der Waals surface area (Å²) in [6.07, 6.45) is 0. The monoisotopic (exact) mass is 456 g/mol. The summed E-state index contributed by atoms with van der Waals surface area (Å²) in [4.78, 5) is 10.4. The number of rotatable bonds is 7. The Balaban J connectivity index is 1.83. The van der Waals surface area contributed by atoms with E-state index in [0.29, 0.717) is 28.5 Å². The third kappa shape index (κ3) is 3.92. The predicted octanol–water partition coefficient (Wildman–Crippen LogP) is 4.29. The van der Waals surface area contributed by atoms with Crippen LogP contribution in [0.4, 0.5) is 11.4 Å². The highest BCUT2D eigenvalue weighted by atomic mass is 32.2. The van der Waals surface area contributed by atoms with Crippen LogP contribution in [0.25, 0.3) is 0 Å². The molecule has 10 heteroatoms. The fraction of sp³-hybridized carbons (Fsp3) is 0.182. The number of anilines is 1. The van der Waals surface area contributed by atoms with Crippen LogP contribution in [-0.4, -0.2) is 27.2 Å². The zero-order chi connectivity index (χ0) is 22.9. The average Bonchev–Trinajstić information content (AvgIpc) is 3.27. The van der Waals surface area contributed by atoms with Crippen molar-refractivity contribution in [1.82, 2.24) is 0 Å². The molecule has 4 rings (SSSR count). The molecule has 32 heavy (non-hydrogen) atoms. The molecule has 1 atom stereocenters. The number of sulfonamides is 1. The first-order valence-electron chi connectivity index (χ1n) is 9.64. The van der Waals surface area contributed by atoms with E-state index in [2.05, 4.69) is 0 Å². The van der Waals surface area contributed by atoms with E-state index in [0.717, 1.165) is 6.07 Å². The van der Waals surface area contributed by atoms with Gasteiger partial charge in [-0.2, -0.15) is 0 Å². The number of ether oxygens (including phenoxy) is 3. The van der Waals surface area contributed by atoms with Crippen LogP contribution < -0.4 is 18.5 Å². The van der Waals surface area contributed by atoms with Crippen LogP contribution in [0.3, 0.4) is 0 Å². The van der Waals surface area contributed by atoms with E-state index in [9.17, 15) is 18.5 Å². The Bertz CT molecular complexity index is 1260. The van der Waals surface area contributed by atoms with Crippen molar-refractivity contribution in [3.63, 3.8) is 0 Å². The summed E-state index contributed by atoms with van der Waals surface area (Å²) in [6.45, 7) is 1.83. The molecule has 0 bridgehead atoms. The zero-order valence-corrected chi connectivity index (χ0v) is 18.1. The Hall–Kier alpha value is -3.79. The number of benzene rings is 3. The number of nitrogens with zero attached hydrogens (tertiary/aromatic N) is 2. The highest BCUT2D eigenvalue weighted by molar-refractivity contribution is 7.92. The van der Waals surface area contributed by atoms with Crippen molar-refractivity contribution in [3.05, 3.63) is 82.4 Å². The van der Waals surface area contributed by atoms with Crippen LogP contribution in [0.2, 0.25) is 0 Å². The fourth-order valence-electron chi connectivity index (χ4n) is 3.48. The highest BCUT2D eigenvalue weighted by Gasteiger charge is 2.32. The molecule has 0 aromatic heterocycles. The Kier molecular flexibility index (Phi) is 5.62. The molecule has 0 saturated heterocycles. The van der Waals surface area contributed by atoms with E-state index in [1.54, 1.807) is 49.4 Å². The molecular weight excluding hydrogens is 436 g/mol. The van der Waals surface area contributed by atoms with Crippen LogP contribution in [0.1, 0.15) is 18.5 Å². The lowest BCUT2D eigenvalue weighted by molar-refractivity contribution is -0.385. The molecule has 0 radical (unpaired) electrons. The van der Waals surface area contributed by atoms with Gasteiger partial charge in [0.15, 0.2) is 11.5 Å². The second-order valence-corrected chi connectivity index (χ2v) is 8.86. The summed E-state index contributed by atoms with van der Waals surface area (Å²) in [6, 6.07) is 16.1. The number of nitro benzene ring substituents is 1. The van der Waals surface area contributed by atoms with Crippen molar-refractivity contribution in [2.24, 2.45) is 0 Å². The SMILES string of the molecule is COc1ccc(N([C@H](C)c2ccc3c(c2)OCO3)S(=O)(=O)c2cccc([N+](=O)[O-])c2)cc1. The summed E-state index contributed by atoms with van der Waals surface area (Å²) in [5, 5.41) is 11.2. The lowest BCUT2D eigenvalue weighted by Crippen LogP contribution is -2.33. The van der Waals surface area contributed by atoms with Gasteiger partial charge in [-0.15, -0.1) is 0 Å². The van der Waals surface area contributed by atoms with Gasteiger partial charge >= 0.3 is 0 Å². The van der Waals surface area contributed by atoms with Crippen LogP contribution in [-0.2, 0) is 10.0 Å². The lowest BCUT2D eigenvalue weighted by Gasteiger charge is -2.31. The summed E-state index contributed by atoms with van der Waals surface area (Å²) in [7, 11) is -2.66. The van der Waals surface area contributed by atoms with Crippen molar-refractivity contribution in [3.8, 4) is 17.2 Å². The first kappa shape index (κ1) is 21.4. The van der Waals surface area contributed by atoms with Crippen LogP contribution in [0.5, 0.6) is 17.2 Å². The Morgan fingerprint density at radius 3 is 2.44 bits per heavy atom. The van der Waals surface area contributed by atoms with Gasteiger partial charge in [-0.25, -0.2) is 8.42 Å². The smallest absolute Gasteiger partial charge is 0.270 e. The molecule has 0 fully saturated rings. The van der Waals surface area contributed by atoms with Crippen molar-refractivity contribution in [2.75, 3.05) is 18.2 Å². The summed E-state index contributed by atoms with van der Waals surface area (Å²) in [5.74, 6) is 1.67. The molecule has 0 amide bonds. The predicted molar refractivity (Wildman–Crippen MR) is 117 cm³/mol. The third-order valence-electron chi connectivity index (χ3n) is 5.14. The van der Waals surface area contributed by atoms with Gasteiger partial charge in [-0.3, -0.25) is 14.4 Å². The highest BCUT2D eigenvalue weighted by Crippen LogP contribution is 2.39. The maximum Gasteiger partial charge on any atom is 0.270 e. The van der Waals surface area contributed by atoms with Gasteiger partial charge in [0.1, 0.15) is 5.75 Å². The van der Waals surface area contributed by atoms with Crippen molar-refractivity contribution >= 4 is 21.4 Å². The van der Waals surface area contributed by atoms with Crippen LogP contribution >= 0.6 is 0 Å². The molecule has 3 aromatic rings. The largest absolute Gasteiger partial charge is 0.497 e. The summed E-state index contributed by atoms with van der Waals surface area (Å²) < 4.78 is 44.6. The van der Waals surface area contributed by atoms with Crippen LogP contribution in [0.15, 0.2) is 71.6 Å². The second kappa shape index (κ2) is 8.39. The maximum atomic E-state index is 13.7. The molecule has 0 spiro atoms. The van der Waals surface area contributed by atoms with Gasteiger partial charge in [0.05, 0.1) is 28.7 Å². The van der Waals surface area contributed by atoms with Crippen LogP contribution in [0, 0.1) is 10.1 Å². The molecule has 166 valence electrons. The van der Waals surface area contributed by atoms with Crippen molar-refractivity contribution in [1.29, 1.82) is 0 Å². The number of hydrogen-bond donors (Lipinski definition) is 0. The third-order valence-corrected chi connectivity index (χ3v) is 7.04. The molecule has 1 aliphatic heterocycles. The van der Waals surface area contributed by atoms with Gasteiger partial charge in [-0.05, 0) is 55.0 Å². The molecule has 0 aliphatic carbocycles. The van der Waals surface area contributed by atoms with Crippen molar-refractivity contribution < 1.29 is 27.6 Å². The first-order chi connectivity index (χ1) is 15.3. The lowest BCUT2D eigenvalue weighted by atomic mass is 10.1. The van der Waals surface area contributed by atoms with E-state index in [1.807, 2.05) is 0 Å². The second-order valence-electron chi connectivity index (χ2n) is 7.04. The minimum absolute atomic E-state index is 0.0986.